The molecule has 0 saturated heterocycles. The van der Waals surface area contributed by atoms with Crippen molar-refractivity contribution in [2.24, 2.45) is 5.73 Å². The van der Waals surface area contributed by atoms with E-state index in [4.69, 9.17) is 10.5 Å². The predicted octanol–water partition coefficient (Wildman–Crippen LogP) is 1.97. The number of ether oxygens (including phenoxy) is 1. The minimum atomic E-state index is -1.35. The zero-order valence-electron chi connectivity index (χ0n) is 20.0. The summed E-state index contributed by atoms with van der Waals surface area (Å²) in [5.41, 5.74) is 4.70. The Balaban J connectivity index is 3.32. The van der Waals surface area contributed by atoms with Crippen LogP contribution in [0.3, 0.4) is 0 Å². The molecule has 2 atom stereocenters. The molecule has 4 amide bonds. The number of carbonyl (C=O) groups excluding carboxylic acids is 4. The summed E-state index contributed by atoms with van der Waals surface area (Å²) in [6, 6.07) is 3.66. The molecule has 0 bridgehead atoms. The molecule has 0 aromatic heterocycles. The van der Waals surface area contributed by atoms with E-state index in [0.29, 0.717) is 6.54 Å². The number of unbranched alkanes of at least 4 members (excludes halogenated alkanes) is 1. The van der Waals surface area contributed by atoms with E-state index in [2.05, 4.69) is 10.6 Å². The lowest BCUT2D eigenvalue weighted by molar-refractivity contribution is -0.143. The number of alkyl carbamates (subject to hydrolysis) is 1. The first-order valence-corrected chi connectivity index (χ1v) is 11.0. The van der Waals surface area contributed by atoms with Crippen LogP contribution < -0.4 is 16.4 Å². The molecule has 1 aromatic rings. The molecule has 0 radical (unpaired) electrons. The summed E-state index contributed by atoms with van der Waals surface area (Å²) in [5.74, 6) is -2.17. The van der Waals surface area contributed by atoms with Gasteiger partial charge in [0.05, 0.1) is 6.42 Å². The standard InChI is InChI=1S/C23H36N4O6/c1-6-8-13-25-20(30)19(15-11-9-10-12-17(15)28)27(7-2)21(31)16(14-18(24)29)26-22(32)33-23(3,4)5/h9-12,16,19,28H,6-8,13-14H2,1-5H3,(H2,24,29)(H,25,30)(H,26,32). The van der Waals surface area contributed by atoms with Crippen molar-refractivity contribution in [3.05, 3.63) is 29.8 Å². The van der Waals surface area contributed by atoms with E-state index in [1.54, 1.807) is 45.9 Å². The van der Waals surface area contributed by atoms with Crippen LogP contribution >= 0.6 is 0 Å². The zero-order chi connectivity index (χ0) is 25.2. The fourth-order valence-corrected chi connectivity index (χ4v) is 3.17. The van der Waals surface area contributed by atoms with Gasteiger partial charge in [0.15, 0.2) is 0 Å². The summed E-state index contributed by atoms with van der Waals surface area (Å²) in [6.07, 6.45) is 0.214. The maximum absolute atomic E-state index is 13.5. The number of likely N-dealkylation sites (N-methyl/N-ethyl adjacent to an activating group) is 1. The highest BCUT2D eigenvalue weighted by molar-refractivity contribution is 5.94. The molecule has 1 rings (SSSR count). The lowest BCUT2D eigenvalue weighted by atomic mass is 10.0. The Morgan fingerprint density at radius 3 is 2.30 bits per heavy atom. The van der Waals surface area contributed by atoms with E-state index in [0.717, 1.165) is 12.8 Å². The van der Waals surface area contributed by atoms with E-state index in [-0.39, 0.29) is 17.9 Å². The van der Waals surface area contributed by atoms with Gasteiger partial charge in [-0.05, 0) is 40.2 Å². The van der Waals surface area contributed by atoms with Crippen LogP contribution in [0.15, 0.2) is 24.3 Å². The number of hydrogen-bond donors (Lipinski definition) is 4. The van der Waals surface area contributed by atoms with Gasteiger partial charge in [-0.2, -0.15) is 0 Å². The molecule has 33 heavy (non-hydrogen) atoms. The number of nitrogens with zero attached hydrogens (tertiary/aromatic N) is 1. The zero-order valence-corrected chi connectivity index (χ0v) is 20.0. The van der Waals surface area contributed by atoms with Gasteiger partial charge in [0.1, 0.15) is 23.4 Å². The molecule has 0 spiro atoms. The quantitative estimate of drug-likeness (QED) is 0.368. The van der Waals surface area contributed by atoms with E-state index < -0.39 is 47.9 Å². The van der Waals surface area contributed by atoms with Gasteiger partial charge < -0.3 is 31.1 Å². The Morgan fingerprint density at radius 1 is 1.15 bits per heavy atom. The third-order valence-electron chi connectivity index (χ3n) is 4.64. The van der Waals surface area contributed by atoms with Crippen molar-refractivity contribution in [1.82, 2.24) is 15.5 Å². The number of hydrogen-bond acceptors (Lipinski definition) is 6. The van der Waals surface area contributed by atoms with Crippen LogP contribution in [-0.2, 0) is 19.1 Å². The molecular formula is C23H36N4O6. The number of amides is 4. The van der Waals surface area contributed by atoms with Crippen molar-refractivity contribution in [1.29, 1.82) is 0 Å². The van der Waals surface area contributed by atoms with Crippen LogP contribution in [0.4, 0.5) is 4.79 Å². The van der Waals surface area contributed by atoms with Crippen LogP contribution in [0.5, 0.6) is 5.75 Å². The fraction of sp³-hybridized carbons (Fsp3) is 0.565. The molecule has 0 aliphatic heterocycles. The maximum atomic E-state index is 13.5. The molecule has 0 fully saturated rings. The first kappa shape index (κ1) is 27.7. The minimum absolute atomic E-state index is 0.0598. The topological polar surface area (TPSA) is 151 Å². The van der Waals surface area contributed by atoms with Crippen molar-refractivity contribution in [2.45, 2.75) is 71.6 Å². The number of primary amides is 1. The molecule has 1 aromatic carbocycles. The van der Waals surface area contributed by atoms with Crippen LogP contribution in [0.25, 0.3) is 0 Å². The monoisotopic (exact) mass is 464 g/mol. The average molecular weight is 465 g/mol. The summed E-state index contributed by atoms with van der Waals surface area (Å²) >= 11 is 0. The van der Waals surface area contributed by atoms with Crippen molar-refractivity contribution in [3.63, 3.8) is 0 Å². The number of aromatic hydroxyl groups is 1. The SMILES string of the molecule is CCCCNC(=O)C(c1ccccc1O)N(CC)C(=O)C(CC(N)=O)NC(=O)OC(C)(C)C. The van der Waals surface area contributed by atoms with Gasteiger partial charge in [-0.1, -0.05) is 31.5 Å². The summed E-state index contributed by atoms with van der Waals surface area (Å²) in [6.45, 7) is 9.06. The third kappa shape index (κ3) is 8.99. The number of rotatable bonds is 11. The van der Waals surface area contributed by atoms with E-state index in [1.165, 1.54) is 11.0 Å². The summed E-state index contributed by atoms with van der Waals surface area (Å²) < 4.78 is 5.20. The number of carbonyl (C=O) groups is 4. The van der Waals surface area contributed by atoms with Gasteiger partial charge in [-0.3, -0.25) is 14.4 Å². The number of nitrogens with one attached hydrogen (secondary N) is 2. The molecule has 184 valence electrons. The van der Waals surface area contributed by atoms with E-state index in [9.17, 15) is 24.3 Å². The Labute approximate surface area is 194 Å². The molecule has 0 heterocycles. The summed E-state index contributed by atoms with van der Waals surface area (Å²) in [7, 11) is 0. The Bertz CT molecular complexity index is 836. The number of nitrogens with two attached hydrogens (primary N) is 1. The van der Waals surface area contributed by atoms with Crippen molar-refractivity contribution < 1.29 is 29.0 Å². The Morgan fingerprint density at radius 2 is 1.79 bits per heavy atom. The first-order valence-electron chi connectivity index (χ1n) is 11.0. The van der Waals surface area contributed by atoms with Crippen LogP contribution in [0.2, 0.25) is 0 Å². The molecule has 0 aliphatic rings. The lowest BCUT2D eigenvalue weighted by Gasteiger charge is -2.33. The largest absolute Gasteiger partial charge is 0.508 e. The molecule has 10 nitrogen and oxygen atoms in total. The highest BCUT2D eigenvalue weighted by Crippen LogP contribution is 2.29. The van der Waals surface area contributed by atoms with E-state index in [1.807, 2.05) is 6.92 Å². The Kier molecular flexibility index (Phi) is 10.6. The molecule has 10 heteroatoms. The van der Waals surface area contributed by atoms with Crippen LogP contribution in [-0.4, -0.2) is 58.6 Å². The second kappa shape index (κ2) is 12.7. The van der Waals surface area contributed by atoms with Gasteiger partial charge in [-0.15, -0.1) is 0 Å². The maximum Gasteiger partial charge on any atom is 0.408 e. The van der Waals surface area contributed by atoms with Gasteiger partial charge in [-0.25, -0.2) is 4.79 Å². The average Bonchev–Trinajstić information content (AvgIpc) is 2.70. The smallest absolute Gasteiger partial charge is 0.408 e. The molecule has 0 aliphatic carbocycles. The van der Waals surface area contributed by atoms with Crippen LogP contribution in [0, 0.1) is 0 Å². The summed E-state index contributed by atoms with van der Waals surface area (Å²) in [4.78, 5) is 51.7. The minimum Gasteiger partial charge on any atom is -0.508 e. The van der Waals surface area contributed by atoms with Crippen molar-refractivity contribution in [2.75, 3.05) is 13.1 Å². The van der Waals surface area contributed by atoms with Gasteiger partial charge in [0.25, 0.3) is 0 Å². The second-order valence-electron chi connectivity index (χ2n) is 8.60. The van der Waals surface area contributed by atoms with Gasteiger partial charge in [0.2, 0.25) is 17.7 Å². The van der Waals surface area contributed by atoms with Crippen molar-refractivity contribution >= 4 is 23.8 Å². The highest BCUT2D eigenvalue weighted by atomic mass is 16.6. The first-order chi connectivity index (χ1) is 15.4. The predicted molar refractivity (Wildman–Crippen MR) is 123 cm³/mol. The van der Waals surface area contributed by atoms with Gasteiger partial charge >= 0.3 is 6.09 Å². The number of benzene rings is 1. The molecular weight excluding hydrogens is 428 g/mol. The van der Waals surface area contributed by atoms with E-state index >= 15 is 0 Å². The van der Waals surface area contributed by atoms with Crippen molar-refractivity contribution in [3.8, 4) is 5.75 Å². The van der Waals surface area contributed by atoms with Crippen LogP contribution in [0.1, 0.15) is 65.5 Å². The highest BCUT2D eigenvalue weighted by Gasteiger charge is 2.37. The Hall–Kier alpha value is -3.30. The molecule has 5 N–H and O–H groups in total. The lowest BCUT2D eigenvalue weighted by Crippen LogP contribution is -2.54. The number of phenols is 1. The van der Waals surface area contributed by atoms with Gasteiger partial charge in [0, 0.05) is 18.7 Å². The molecule has 2 unspecified atom stereocenters. The number of para-hydroxylation sites is 1. The molecule has 0 saturated carbocycles. The third-order valence-corrected chi connectivity index (χ3v) is 4.64. The number of phenolic OH excluding ortho intramolecular Hbond substituents is 1. The fourth-order valence-electron chi connectivity index (χ4n) is 3.17. The summed E-state index contributed by atoms with van der Waals surface area (Å²) in [5, 5.41) is 15.6. The normalized spacial score (nSPS) is 12.9. The second-order valence-corrected chi connectivity index (χ2v) is 8.60.